The van der Waals surface area contributed by atoms with Crippen LogP contribution in [0.4, 0.5) is 0 Å². The molecule has 1 N–H and O–H groups in total. The first-order valence-electron chi connectivity index (χ1n) is 8.53. The molecule has 2 aromatic carbocycles. The van der Waals surface area contributed by atoms with Crippen molar-refractivity contribution >= 4 is 17.2 Å². The van der Waals surface area contributed by atoms with Gasteiger partial charge in [0.05, 0.1) is 12.8 Å². The summed E-state index contributed by atoms with van der Waals surface area (Å²) in [6, 6.07) is 17.9. The zero-order valence-corrected chi connectivity index (χ0v) is 16.0. The molecule has 0 aliphatic carbocycles. The molecule has 1 atom stereocenters. The maximum absolute atomic E-state index is 12.6. The monoisotopic (exact) mass is 366 g/mol. The molecule has 3 rings (SSSR count). The molecular formula is C21H22N2O2S. The molecule has 0 fully saturated rings. The molecule has 5 heteroatoms. The SMILES string of the molecule is COc1ccc(-c2nc(C)c(C(=O)NC[C@H](C)c3ccccc3)s2)cc1. The van der Waals surface area contributed by atoms with E-state index in [-0.39, 0.29) is 11.8 Å². The summed E-state index contributed by atoms with van der Waals surface area (Å²) in [6.45, 7) is 4.58. The van der Waals surface area contributed by atoms with Crippen molar-refractivity contribution in [3.63, 3.8) is 0 Å². The lowest BCUT2D eigenvalue weighted by Gasteiger charge is -2.12. The number of amides is 1. The minimum absolute atomic E-state index is 0.0671. The van der Waals surface area contributed by atoms with Gasteiger partial charge in [0.2, 0.25) is 0 Å². The van der Waals surface area contributed by atoms with Crippen molar-refractivity contribution in [2.45, 2.75) is 19.8 Å². The van der Waals surface area contributed by atoms with Crippen LogP contribution in [0, 0.1) is 6.92 Å². The van der Waals surface area contributed by atoms with Crippen LogP contribution in [0.3, 0.4) is 0 Å². The van der Waals surface area contributed by atoms with Gasteiger partial charge < -0.3 is 10.1 Å². The molecule has 0 aliphatic heterocycles. The van der Waals surface area contributed by atoms with E-state index in [0.717, 1.165) is 22.0 Å². The fourth-order valence-corrected chi connectivity index (χ4v) is 3.68. The number of hydrogen-bond acceptors (Lipinski definition) is 4. The zero-order chi connectivity index (χ0) is 18.5. The largest absolute Gasteiger partial charge is 0.497 e. The second kappa shape index (κ2) is 8.15. The summed E-state index contributed by atoms with van der Waals surface area (Å²) in [5, 5.41) is 3.87. The molecule has 0 unspecified atom stereocenters. The van der Waals surface area contributed by atoms with Crippen LogP contribution in [0.15, 0.2) is 54.6 Å². The summed E-state index contributed by atoms with van der Waals surface area (Å²) in [7, 11) is 1.64. The number of hydrogen-bond donors (Lipinski definition) is 1. The average molecular weight is 366 g/mol. The maximum Gasteiger partial charge on any atom is 0.263 e. The molecule has 0 aliphatic rings. The van der Waals surface area contributed by atoms with Gasteiger partial charge in [-0.1, -0.05) is 37.3 Å². The van der Waals surface area contributed by atoms with Crippen molar-refractivity contribution in [3.8, 4) is 16.3 Å². The van der Waals surface area contributed by atoms with Gasteiger partial charge in [-0.15, -0.1) is 11.3 Å². The van der Waals surface area contributed by atoms with E-state index in [2.05, 4.69) is 29.4 Å². The summed E-state index contributed by atoms with van der Waals surface area (Å²) >= 11 is 1.42. The fourth-order valence-electron chi connectivity index (χ4n) is 2.69. The highest BCUT2D eigenvalue weighted by atomic mass is 32.1. The van der Waals surface area contributed by atoms with Gasteiger partial charge in [-0.2, -0.15) is 0 Å². The zero-order valence-electron chi connectivity index (χ0n) is 15.2. The van der Waals surface area contributed by atoms with Crippen LogP contribution in [0.5, 0.6) is 5.75 Å². The van der Waals surface area contributed by atoms with Crippen LogP contribution in [-0.4, -0.2) is 24.5 Å². The lowest BCUT2D eigenvalue weighted by molar-refractivity contribution is 0.0955. The fraction of sp³-hybridized carbons (Fsp3) is 0.238. The third-order valence-corrected chi connectivity index (χ3v) is 5.48. The van der Waals surface area contributed by atoms with E-state index < -0.39 is 0 Å². The van der Waals surface area contributed by atoms with Crippen LogP contribution in [0.25, 0.3) is 10.6 Å². The number of aromatic nitrogens is 1. The third-order valence-electron chi connectivity index (χ3n) is 4.28. The summed E-state index contributed by atoms with van der Waals surface area (Å²) in [5.41, 5.74) is 2.95. The molecule has 134 valence electrons. The first-order valence-corrected chi connectivity index (χ1v) is 9.35. The molecule has 1 heterocycles. The number of thiazole rings is 1. The molecule has 0 radical (unpaired) electrons. The number of nitrogens with one attached hydrogen (secondary N) is 1. The molecule has 1 aromatic heterocycles. The Morgan fingerprint density at radius 3 is 2.50 bits per heavy atom. The smallest absolute Gasteiger partial charge is 0.263 e. The van der Waals surface area contributed by atoms with E-state index in [0.29, 0.717) is 11.4 Å². The summed E-state index contributed by atoms with van der Waals surface area (Å²) < 4.78 is 5.18. The number of rotatable bonds is 6. The summed E-state index contributed by atoms with van der Waals surface area (Å²) in [6.07, 6.45) is 0. The summed E-state index contributed by atoms with van der Waals surface area (Å²) in [4.78, 5) is 17.8. The van der Waals surface area contributed by atoms with Gasteiger partial charge in [0, 0.05) is 12.1 Å². The Kier molecular flexibility index (Phi) is 5.68. The van der Waals surface area contributed by atoms with Crippen molar-refractivity contribution in [1.29, 1.82) is 0 Å². The van der Waals surface area contributed by atoms with Gasteiger partial charge in [-0.3, -0.25) is 4.79 Å². The highest BCUT2D eigenvalue weighted by Crippen LogP contribution is 2.29. The topological polar surface area (TPSA) is 51.2 Å². The molecule has 0 bridgehead atoms. The lowest BCUT2D eigenvalue weighted by Crippen LogP contribution is -2.27. The van der Waals surface area contributed by atoms with Gasteiger partial charge in [-0.25, -0.2) is 4.98 Å². The van der Waals surface area contributed by atoms with Crippen LogP contribution < -0.4 is 10.1 Å². The van der Waals surface area contributed by atoms with Crippen LogP contribution in [-0.2, 0) is 0 Å². The van der Waals surface area contributed by atoms with Gasteiger partial charge in [0.1, 0.15) is 15.6 Å². The number of nitrogens with zero attached hydrogens (tertiary/aromatic N) is 1. The Morgan fingerprint density at radius 1 is 1.15 bits per heavy atom. The van der Waals surface area contributed by atoms with E-state index in [1.807, 2.05) is 49.4 Å². The molecule has 4 nitrogen and oxygen atoms in total. The predicted molar refractivity (Wildman–Crippen MR) is 106 cm³/mol. The average Bonchev–Trinajstić information content (AvgIpc) is 3.08. The Labute approximate surface area is 157 Å². The van der Waals surface area contributed by atoms with Crippen LogP contribution >= 0.6 is 11.3 Å². The number of ether oxygens (including phenoxy) is 1. The van der Waals surface area contributed by atoms with Crippen molar-refractivity contribution in [2.75, 3.05) is 13.7 Å². The number of aryl methyl sites for hydroxylation is 1. The Bertz CT molecular complexity index is 873. The normalized spacial score (nSPS) is 11.8. The highest BCUT2D eigenvalue weighted by molar-refractivity contribution is 7.17. The first-order chi connectivity index (χ1) is 12.6. The van der Waals surface area contributed by atoms with Crippen molar-refractivity contribution in [2.24, 2.45) is 0 Å². The number of methoxy groups -OCH3 is 1. The van der Waals surface area contributed by atoms with Crippen molar-refractivity contribution in [1.82, 2.24) is 10.3 Å². The van der Waals surface area contributed by atoms with E-state index >= 15 is 0 Å². The van der Waals surface area contributed by atoms with Gasteiger partial charge in [0.15, 0.2) is 0 Å². The Balaban J connectivity index is 1.69. The van der Waals surface area contributed by atoms with Crippen molar-refractivity contribution < 1.29 is 9.53 Å². The first kappa shape index (κ1) is 18.1. The van der Waals surface area contributed by atoms with Crippen LogP contribution in [0.2, 0.25) is 0 Å². The number of carbonyl (C=O) groups excluding carboxylic acids is 1. The quantitative estimate of drug-likeness (QED) is 0.690. The second-order valence-electron chi connectivity index (χ2n) is 6.18. The maximum atomic E-state index is 12.6. The lowest BCUT2D eigenvalue weighted by atomic mass is 10.0. The number of benzene rings is 2. The predicted octanol–water partition coefficient (Wildman–Crippen LogP) is 4.66. The van der Waals surface area contributed by atoms with Crippen LogP contribution in [0.1, 0.15) is 33.8 Å². The molecule has 3 aromatic rings. The Hall–Kier alpha value is -2.66. The minimum atomic E-state index is -0.0671. The van der Waals surface area contributed by atoms with E-state index in [1.54, 1.807) is 7.11 Å². The van der Waals surface area contributed by atoms with Gasteiger partial charge in [0.25, 0.3) is 5.91 Å². The van der Waals surface area contributed by atoms with E-state index in [4.69, 9.17) is 4.74 Å². The standard InChI is InChI=1S/C21H22N2O2S/c1-14(16-7-5-4-6-8-16)13-22-20(24)19-15(2)23-21(26-19)17-9-11-18(25-3)12-10-17/h4-12,14H,13H2,1-3H3,(H,22,24)/t14-/m0/s1. The van der Waals surface area contributed by atoms with Gasteiger partial charge in [-0.05, 0) is 42.7 Å². The molecule has 0 spiro atoms. The molecule has 0 saturated carbocycles. The molecule has 1 amide bonds. The molecule has 26 heavy (non-hydrogen) atoms. The summed E-state index contributed by atoms with van der Waals surface area (Å²) in [5.74, 6) is 0.992. The number of carbonyl (C=O) groups is 1. The second-order valence-corrected chi connectivity index (χ2v) is 7.18. The van der Waals surface area contributed by atoms with Crippen molar-refractivity contribution in [3.05, 3.63) is 70.7 Å². The Morgan fingerprint density at radius 2 is 1.85 bits per heavy atom. The molecule has 0 saturated heterocycles. The van der Waals surface area contributed by atoms with Gasteiger partial charge >= 0.3 is 0 Å². The van der Waals surface area contributed by atoms with E-state index in [1.165, 1.54) is 16.9 Å². The molecular weight excluding hydrogens is 344 g/mol. The third kappa shape index (κ3) is 4.11. The minimum Gasteiger partial charge on any atom is -0.497 e. The van der Waals surface area contributed by atoms with E-state index in [9.17, 15) is 4.79 Å². The highest BCUT2D eigenvalue weighted by Gasteiger charge is 2.17.